The Kier molecular flexibility index (Phi) is 2.23. The van der Waals surface area contributed by atoms with Crippen LogP contribution in [0.1, 0.15) is 23.3 Å². The first-order valence-electron chi connectivity index (χ1n) is 20.8. The largest absolute Gasteiger partial charge is 0.456 e. The van der Waals surface area contributed by atoms with Gasteiger partial charge in [0.25, 0.3) is 0 Å². The number of nitrogens with zero attached hydrogens (tertiary/aromatic N) is 1. The van der Waals surface area contributed by atoms with Gasteiger partial charge in [0.2, 0.25) is 0 Å². The van der Waals surface area contributed by atoms with Crippen molar-refractivity contribution in [1.82, 2.24) is 4.57 Å². The molecular formula is C38H23NO. The summed E-state index contributed by atoms with van der Waals surface area (Å²) in [5, 5.41) is -0.219. The smallest absolute Gasteiger partial charge is 0.135 e. The van der Waals surface area contributed by atoms with Gasteiger partial charge in [-0.2, -0.15) is 0 Å². The van der Waals surface area contributed by atoms with E-state index in [0.29, 0.717) is 16.7 Å². The van der Waals surface area contributed by atoms with Crippen LogP contribution in [-0.2, 0) is 0 Å². The fraction of sp³-hybridized carbons (Fsp3) is 0. The third kappa shape index (κ3) is 2.99. The van der Waals surface area contributed by atoms with Crippen molar-refractivity contribution in [3.05, 3.63) is 139 Å². The minimum atomic E-state index is -0.814. The summed E-state index contributed by atoms with van der Waals surface area (Å²) in [6, 6.07) is -1.45. The Bertz CT molecular complexity index is 3210. The first-order chi connectivity index (χ1) is 26.9. The zero-order valence-corrected chi connectivity index (χ0v) is 20.3. The molecule has 186 valence electrons. The quantitative estimate of drug-likeness (QED) is 0.218. The van der Waals surface area contributed by atoms with Gasteiger partial charge in [0.1, 0.15) is 11.5 Å². The second-order valence-corrected chi connectivity index (χ2v) is 9.22. The molecule has 0 saturated heterocycles. The van der Waals surface area contributed by atoms with E-state index in [1.807, 2.05) is 12.1 Å². The third-order valence-electron chi connectivity index (χ3n) is 7.05. The topological polar surface area (TPSA) is 14.2 Å². The lowest BCUT2D eigenvalue weighted by Crippen LogP contribution is -1.97. The molecule has 0 unspecified atom stereocenters. The summed E-state index contributed by atoms with van der Waals surface area (Å²) in [7, 11) is 0. The summed E-state index contributed by atoms with van der Waals surface area (Å²) < 4.78 is 159. The lowest BCUT2D eigenvalue weighted by atomic mass is 9.92. The zero-order valence-electron chi connectivity index (χ0n) is 37.3. The van der Waals surface area contributed by atoms with Crippen molar-refractivity contribution in [2.75, 3.05) is 0 Å². The molecule has 0 amide bonds. The minimum Gasteiger partial charge on any atom is -0.456 e. The van der Waals surface area contributed by atoms with E-state index in [1.165, 1.54) is 0 Å². The van der Waals surface area contributed by atoms with Gasteiger partial charge in [-0.15, -0.1) is 0 Å². The van der Waals surface area contributed by atoms with Crippen LogP contribution in [0.3, 0.4) is 0 Å². The van der Waals surface area contributed by atoms with E-state index in [-0.39, 0.29) is 27.6 Å². The molecule has 2 heterocycles. The molecule has 40 heavy (non-hydrogen) atoms. The number of ether oxygens (including phenoxy) is 1. The van der Waals surface area contributed by atoms with Crippen molar-refractivity contribution < 1.29 is 28.0 Å². The van der Waals surface area contributed by atoms with Crippen LogP contribution in [0.4, 0.5) is 0 Å². The minimum absolute atomic E-state index is 0.0844. The van der Waals surface area contributed by atoms with E-state index >= 15 is 0 Å². The summed E-state index contributed by atoms with van der Waals surface area (Å²) in [5.41, 5.74) is -1.83. The van der Waals surface area contributed by atoms with Crippen LogP contribution in [0.15, 0.2) is 139 Å². The van der Waals surface area contributed by atoms with Crippen molar-refractivity contribution in [2.24, 2.45) is 0 Å². The normalized spacial score (nSPS) is 18.1. The van der Waals surface area contributed by atoms with E-state index < -0.39 is 136 Å². The second kappa shape index (κ2) is 8.08. The molecule has 2 heteroatoms. The number of aromatic nitrogens is 1. The van der Waals surface area contributed by atoms with Crippen LogP contribution in [-0.4, -0.2) is 4.57 Å². The molecule has 0 radical (unpaired) electrons. The average molecular weight is 527 g/mol. The van der Waals surface area contributed by atoms with Crippen molar-refractivity contribution in [2.45, 2.75) is 0 Å². The lowest BCUT2D eigenvalue weighted by molar-refractivity contribution is 0.487. The van der Waals surface area contributed by atoms with E-state index in [4.69, 9.17) is 22.6 Å². The maximum Gasteiger partial charge on any atom is 0.135 e. The van der Waals surface area contributed by atoms with Gasteiger partial charge in [-0.1, -0.05) is 103 Å². The number of hydrogen-bond donors (Lipinski definition) is 0. The van der Waals surface area contributed by atoms with Crippen LogP contribution in [0, 0.1) is 0 Å². The third-order valence-corrected chi connectivity index (χ3v) is 7.05. The van der Waals surface area contributed by atoms with Crippen LogP contribution >= 0.6 is 0 Å². The Morgan fingerprint density at radius 2 is 1.32 bits per heavy atom. The molecule has 0 N–H and O–H groups in total. The van der Waals surface area contributed by atoms with Gasteiger partial charge in [-0.05, 0) is 63.7 Å². The maximum absolute atomic E-state index is 9.77. The van der Waals surface area contributed by atoms with Crippen LogP contribution in [0.2, 0.25) is 0 Å². The summed E-state index contributed by atoms with van der Waals surface area (Å²) in [6.45, 7) is 0. The molecule has 1 aliphatic rings. The number of fused-ring (bicyclic) bond motifs is 7. The fourth-order valence-electron chi connectivity index (χ4n) is 5.35. The van der Waals surface area contributed by atoms with Gasteiger partial charge in [-0.3, -0.25) is 0 Å². The lowest BCUT2D eigenvalue weighted by Gasteiger charge is -2.22. The molecule has 0 spiro atoms. The fourth-order valence-corrected chi connectivity index (χ4v) is 5.35. The monoisotopic (exact) mass is 526 g/mol. The van der Waals surface area contributed by atoms with Crippen LogP contribution < -0.4 is 4.74 Å². The van der Waals surface area contributed by atoms with Crippen molar-refractivity contribution in [1.29, 1.82) is 0 Å². The molecule has 2 nitrogen and oxygen atoms in total. The van der Waals surface area contributed by atoms with Gasteiger partial charge in [-0.25, -0.2) is 0 Å². The highest BCUT2D eigenvalue weighted by Crippen LogP contribution is 2.47. The number of rotatable bonds is 2. The summed E-state index contributed by atoms with van der Waals surface area (Å²) in [4.78, 5) is 0. The predicted molar refractivity (Wildman–Crippen MR) is 167 cm³/mol. The zero-order chi connectivity index (χ0) is 41.0. The Morgan fingerprint density at radius 3 is 2.25 bits per heavy atom. The molecule has 1 aromatic heterocycles. The van der Waals surface area contributed by atoms with Crippen molar-refractivity contribution >= 4 is 43.4 Å². The SMILES string of the molecule is [2H]c1c([2H])c([2H])c(-n2c3c([2H])c(-c4c([2H])c([2H])c5c(c4[2H])-c4cccc6cccc(c46)O5)c([2H])c([2H])c3c3c([2H])c([2H])c4c([2H])c([2H])c([2H])c([2H])c4c32)c([2H])c1[2H]. The predicted octanol–water partition coefficient (Wildman–Crippen LogP) is 10.5. The molecule has 0 fully saturated rings. The molecule has 8 aromatic rings. The first-order valence-corrected chi connectivity index (χ1v) is 12.3. The first kappa shape index (κ1) is 11.0. The molecule has 9 rings (SSSR count). The van der Waals surface area contributed by atoms with Gasteiger partial charge in [0.05, 0.1) is 34.3 Å². The Labute approximate surface area is 255 Å². The molecule has 0 aliphatic carbocycles. The van der Waals surface area contributed by atoms with E-state index in [2.05, 4.69) is 0 Å². The van der Waals surface area contributed by atoms with E-state index in [0.717, 1.165) is 9.95 Å². The molecule has 0 saturated carbocycles. The molecular weight excluding hydrogens is 486 g/mol. The molecule has 1 aliphatic heterocycles. The summed E-state index contributed by atoms with van der Waals surface area (Å²) in [5.74, 6) is 0.280. The highest BCUT2D eigenvalue weighted by atomic mass is 16.5. The van der Waals surface area contributed by atoms with Crippen molar-refractivity contribution in [3.63, 3.8) is 0 Å². The number of hydrogen-bond acceptors (Lipinski definition) is 1. The van der Waals surface area contributed by atoms with Gasteiger partial charge >= 0.3 is 0 Å². The Morgan fingerprint density at radius 1 is 0.550 bits per heavy atom. The Balaban J connectivity index is 1.56. The van der Waals surface area contributed by atoms with Gasteiger partial charge in [0, 0.05) is 32.8 Å². The van der Waals surface area contributed by atoms with Gasteiger partial charge < -0.3 is 9.30 Å². The van der Waals surface area contributed by atoms with Crippen LogP contribution in [0.25, 0.3) is 71.3 Å². The van der Waals surface area contributed by atoms with Crippen molar-refractivity contribution in [3.8, 4) is 39.4 Å². The second-order valence-electron chi connectivity index (χ2n) is 9.22. The summed E-state index contributed by atoms with van der Waals surface area (Å²) >= 11 is 0. The highest BCUT2D eigenvalue weighted by molar-refractivity contribution is 6.19. The molecule has 0 atom stereocenters. The Hall–Kier alpha value is -5.34. The number of para-hydroxylation sites is 1. The van der Waals surface area contributed by atoms with Crippen LogP contribution in [0.5, 0.6) is 11.5 Å². The van der Waals surface area contributed by atoms with E-state index in [9.17, 15) is 5.48 Å². The molecule has 7 aromatic carbocycles. The highest BCUT2D eigenvalue weighted by Gasteiger charge is 2.21. The van der Waals surface area contributed by atoms with Gasteiger partial charge in [0.15, 0.2) is 0 Å². The standard InChI is InChI=1S/C38H23NO/c1-2-11-28(12-3-1)39-34-23-27(17-19-30(34)32-20-16-24-8-4-5-13-29(24)38(32)39)26-18-21-35-33(22-26)31-14-6-9-25-10-7-15-36(40-35)37(25)31/h1-23H/i1D,2D,3D,4D,5D,8D,11D,12D,13D,16D,17D,18D,19D,20D,21D,22D,23D. The number of benzene rings is 7. The molecule has 0 bridgehead atoms. The maximum atomic E-state index is 9.77. The summed E-state index contributed by atoms with van der Waals surface area (Å²) in [6.07, 6.45) is 0. The van der Waals surface area contributed by atoms with E-state index in [1.54, 1.807) is 24.3 Å². The average Bonchev–Trinajstić information content (AvgIpc) is 3.54.